The molecule has 1 unspecified atom stereocenters. The molecule has 0 radical (unpaired) electrons. The van der Waals surface area contributed by atoms with Gasteiger partial charge < -0.3 is 10.1 Å². The van der Waals surface area contributed by atoms with E-state index in [4.69, 9.17) is 4.74 Å². The second-order valence-corrected chi connectivity index (χ2v) is 5.63. The maximum atomic E-state index is 5.95. The highest BCUT2D eigenvalue weighted by Crippen LogP contribution is 2.27. The Hall–Kier alpha value is -0.670. The molecular weight excluding hydrogens is 254 g/mol. The van der Waals surface area contributed by atoms with E-state index in [9.17, 15) is 0 Å². The van der Waals surface area contributed by atoms with Crippen LogP contribution < -0.4 is 10.1 Å². The van der Waals surface area contributed by atoms with Crippen molar-refractivity contribution in [3.05, 3.63) is 29.8 Å². The van der Waals surface area contributed by atoms with Crippen molar-refractivity contribution < 1.29 is 4.74 Å². The lowest BCUT2D eigenvalue weighted by Gasteiger charge is -2.20. The quantitative estimate of drug-likeness (QED) is 0.647. The molecule has 2 nitrogen and oxygen atoms in total. The minimum absolute atomic E-state index is 0.400. The number of hydrogen-bond donors (Lipinski definition) is 1. The van der Waals surface area contributed by atoms with Gasteiger partial charge in [-0.05, 0) is 43.9 Å². The van der Waals surface area contributed by atoms with Crippen LogP contribution in [0.1, 0.15) is 44.7 Å². The fraction of sp³-hybridized carbons (Fsp3) is 0.625. The first kappa shape index (κ1) is 16.4. The maximum Gasteiger partial charge on any atom is 0.124 e. The van der Waals surface area contributed by atoms with Crippen molar-refractivity contribution in [1.29, 1.82) is 0 Å². The minimum atomic E-state index is 0.400. The van der Waals surface area contributed by atoms with Crippen LogP contribution in [-0.2, 0) is 0 Å². The molecule has 1 atom stereocenters. The lowest BCUT2D eigenvalue weighted by atomic mass is 10.0. The number of benzene rings is 1. The van der Waals surface area contributed by atoms with E-state index in [0.29, 0.717) is 6.04 Å². The first-order valence-electron chi connectivity index (χ1n) is 7.27. The summed E-state index contributed by atoms with van der Waals surface area (Å²) in [6.45, 7) is 6.28. The van der Waals surface area contributed by atoms with Gasteiger partial charge in [-0.25, -0.2) is 0 Å². The van der Waals surface area contributed by atoms with Crippen molar-refractivity contribution in [3.8, 4) is 5.75 Å². The normalized spacial score (nSPS) is 12.4. The average Bonchev–Trinajstić information content (AvgIpc) is 2.45. The molecule has 0 bridgehead atoms. The Balaban J connectivity index is 2.64. The van der Waals surface area contributed by atoms with Gasteiger partial charge in [-0.15, -0.1) is 0 Å². The van der Waals surface area contributed by atoms with Crippen molar-refractivity contribution in [2.24, 2.45) is 0 Å². The summed E-state index contributed by atoms with van der Waals surface area (Å²) < 4.78 is 5.95. The Bertz CT molecular complexity index is 343. The van der Waals surface area contributed by atoms with Crippen molar-refractivity contribution >= 4 is 11.8 Å². The SMILES string of the molecule is CCCNC(CC)c1ccccc1OCCCSC. The largest absolute Gasteiger partial charge is 0.493 e. The topological polar surface area (TPSA) is 21.3 Å². The van der Waals surface area contributed by atoms with E-state index in [-0.39, 0.29) is 0 Å². The van der Waals surface area contributed by atoms with Crippen LogP contribution in [0.3, 0.4) is 0 Å². The lowest BCUT2D eigenvalue weighted by Crippen LogP contribution is -2.22. The minimum Gasteiger partial charge on any atom is -0.493 e. The molecule has 0 spiro atoms. The Morgan fingerprint density at radius 3 is 2.74 bits per heavy atom. The molecule has 1 aromatic carbocycles. The lowest BCUT2D eigenvalue weighted by molar-refractivity contribution is 0.310. The molecule has 0 aliphatic heterocycles. The summed E-state index contributed by atoms with van der Waals surface area (Å²) >= 11 is 1.87. The first-order valence-corrected chi connectivity index (χ1v) is 8.66. The summed E-state index contributed by atoms with van der Waals surface area (Å²) in [5.74, 6) is 2.20. The second kappa shape index (κ2) is 10.2. The molecule has 0 aliphatic rings. The van der Waals surface area contributed by atoms with Crippen LogP contribution in [0.15, 0.2) is 24.3 Å². The van der Waals surface area contributed by atoms with Gasteiger partial charge in [0.05, 0.1) is 6.61 Å². The number of thioether (sulfide) groups is 1. The third kappa shape index (κ3) is 5.87. The molecule has 1 aromatic rings. The van der Waals surface area contributed by atoms with E-state index in [2.05, 4.69) is 49.7 Å². The van der Waals surface area contributed by atoms with E-state index < -0.39 is 0 Å². The summed E-state index contributed by atoms with van der Waals surface area (Å²) in [6.07, 6.45) is 5.49. The summed E-state index contributed by atoms with van der Waals surface area (Å²) in [4.78, 5) is 0. The van der Waals surface area contributed by atoms with Gasteiger partial charge in [-0.2, -0.15) is 11.8 Å². The Labute approximate surface area is 122 Å². The molecule has 0 fully saturated rings. The Morgan fingerprint density at radius 1 is 1.26 bits per heavy atom. The van der Waals surface area contributed by atoms with Gasteiger partial charge >= 0.3 is 0 Å². The van der Waals surface area contributed by atoms with Crippen LogP contribution in [0.2, 0.25) is 0 Å². The van der Waals surface area contributed by atoms with Crippen LogP contribution >= 0.6 is 11.8 Å². The van der Waals surface area contributed by atoms with E-state index in [1.807, 2.05) is 11.8 Å². The van der Waals surface area contributed by atoms with E-state index >= 15 is 0 Å². The molecule has 0 saturated carbocycles. The zero-order valence-electron chi connectivity index (χ0n) is 12.4. The van der Waals surface area contributed by atoms with Crippen molar-refractivity contribution in [1.82, 2.24) is 5.32 Å². The molecule has 0 amide bonds. The number of hydrogen-bond acceptors (Lipinski definition) is 3. The molecule has 3 heteroatoms. The van der Waals surface area contributed by atoms with Gasteiger partial charge in [0.25, 0.3) is 0 Å². The second-order valence-electron chi connectivity index (χ2n) is 4.65. The molecule has 1 N–H and O–H groups in total. The molecule has 0 saturated heterocycles. The smallest absolute Gasteiger partial charge is 0.124 e. The van der Waals surface area contributed by atoms with Crippen molar-refractivity contribution in [2.75, 3.05) is 25.2 Å². The Kier molecular flexibility index (Phi) is 8.76. The van der Waals surface area contributed by atoms with Gasteiger partial charge in [-0.3, -0.25) is 0 Å². The summed E-state index contributed by atoms with van der Waals surface area (Å²) in [6, 6.07) is 8.82. The van der Waals surface area contributed by atoms with E-state index in [1.165, 1.54) is 5.56 Å². The number of ether oxygens (including phenoxy) is 1. The molecular formula is C16H27NOS. The average molecular weight is 281 g/mol. The zero-order chi connectivity index (χ0) is 13.9. The molecule has 0 heterocycles. The maximum absolute atomic E-state index is 5.95. The van der Waals surface area contributed by atoms with Crippen LogP contribution in [0.25, 0.3) is 0 Å². The monoisotopic (exact) mass is 281 g/mol. The van der Waals surface area contributed by atoms with E-state index in [0.717, 1.165) is 43.9 Å². The van der Waals surface area contributed by atoms with E-state index in [1.54, 1.807) is 0 Å². The number of rotatable bonds is 10. The summed E-state index contributed by atoms with van der Waals surface area (Å²) in [5, 5.41) is 3.59. The predicted molar refractivity (Wildman–Crippen MR) is 86.3 cm³/mol. The van der Waals surface area contributed by atoms with Crippen LogP contribution in [0, 0.1) is 0 Å². The molecule has 19 heavy (non-hydrogen) atoms. The molecule has 0 aliphatic carbocycles. The van der Waals surface area contributed by atoms with Crippen LogP contribution in [0.5, 0.6) is 5.75 Å². The highest BCUT2D eigenvalue weighted by atomic mass is 32.2. The zero-order valence-corrected chi connectivity index (χ0v) is 13.3. The number of para-hydroxylation sites is 1. The number of nitrogens with one attached hydrogen (secondary N) is 1. The highest BCUT2D eigenvalue weighted by molar-refractivity contribution is 7.98. The third-order valence-corrected chi connectivity index (χ3v) is 3.79. The van der Waals surface area contributed by atoms with Gasteiger partial charge in [0.1, 0.15) is 5.75 Å². The summed E-state index contributed by atoms with van der Waals surface area (Å²) in [7, 11) is 0. The molecule has 108 valence electrons. The standard InChI is InChI=1S/C16H27NOS/c1-4-11-17-15(5-2)14-9-6-7-10-16(14)18-12-8-13-19-3/h6-7,9-10,15,17H,4-5,8,11-13H2,1-3H3. The fourth-order valence-electron chi connectivity index (χ4n) is 2.08. The van der Waals surface area contributed by atoms with Gasteiger partial charge in [-0.1, -0.05) is 32.0 Å². The predicted octanol–water partition coefficient (Wildman–Crippen LogP) is 4.27. The first-order chi connectivity index (χ1) is 9.33. The third-order valence-electron chi connectivity index (χ3n) is 3.09. The summed E-state index contributed by atoms with van der Waals surface area (Å²) in [5.41, 5.74) is 1.29. The highest BCUT2D eigenvalue weighted by Gasteiger charge is 2.13. The van der Waals surface area contributed by atoms with Crippen LogP contribution in [0.4, 0.5) is 0 Å². The molecule has 1 rings (SSSR count). The van der Waals surface area contributed by atoms with Gasteiger partial charge in [0.15, 0.2) is 0 Å². The van der Waals surface area contributed by atoms with Crippen molar-refractivity contribution in [2.45, 2.75) is 39.2 Å². The van der Waals surface area contributed by atoms with Gasteiger partial charge in [0, 0.05) is 11.6 Å². The van der Waals surface area contributed by atoms with Crippen molar-refractivity contribution in [3.63, 3.8) is 0 Å². The Morgan fingerprint density at radius 2 is 2.05 bits per heavy atom. The van der Waals surface area contributed by atoms with Crippen LogP contribution in [-0.4, -0.2) is 25.2 Å². The fourth-order valence-corrected chi connectivity index (χ4v) is 2.48. The van der Waals surface area contributed by atoms with Gasteiger partial charge in [0.2, 0.25) is 0 Å². The molecule has 0 aromatic heterocycles.